The SMILES string of the molecule is Cc1ccc(-c2cc(-c3ccc(-c4c5ccccc5n5c4sc4ccccc45)cc3)nc(-c3ccc(C)cc3)n2)cc1.Cc1ccc(-c2cc(-c3ccc(-c4ccc(-c5c6ccccc6n6c5sc5ccccc56)cc4)cc3)nc(-c3ccc(C)cc3)n2)cc1.c1ccc(-c2nc(-c3ccc(-c4c5ccccc5n5c4sc4ccccc45)cc3)c3ccccc3n2)cc1. The van der Waals surface area contributed by atoms with E-state index in [-0.39, 0.29) is 0 Å². The van der Waals surface area contributed by atoms with Gasteiger partial charge in [0.1, 0.15) is 14.5 Å². The van der Waals surface area contributed by atoms with Crippen LogP contribution < -0.4 is 0 Å². The molecule has 0 radical (unpaired) electrons. The molecule has 0 fully saturated rings. The van der Waals surface area contributed by atoms with E-state index < -0.39 is 0 Å². The zero-order valence-electron chi connectivity index (χ0n) is 70.4. The molecular formula is C116H79N9S3. The summed E-state index contributed by atoms with van der Waals surface area (Å²) in [5.74, 6) is 2.21. The van der Waals surface area contributed by atoms with Gasteiger partial charge in [-0.15, -0.1) is 34.0 Å². The summed E-state index contributed by atoms with van der Waals surface area (Å²) < 4.78 is 11.1. The van der Waals surface area contributed by atoms with Crippen molar-refractivity contribution in [3.63, 3.8) is 0 Å². The van der Waals surface area contributed by atoms with Gasteiger partial charge in [-0.2, -0.15) is 0 Å². The third-order valence-electron chi connectivity index (χ3n) is 24.4. The number of para-hydroxylation sites is 7. The zero-order chi connectivity index (χ0) is 85.5. The molecule has 128 heavy (non-hydrogen) atoms. The lowest BCUT2D eigenvalue weighted by Gasteiger charge is -2.11. The molecule has 9 aromatic heterocycles. The quantitative estimate of drug-likeness (QED) is 0.121. The molecule has 0 saturated carbocycles. The van der Waals surface area contributed by atoms with Gasteiger partial charge in [0.05, 0.1) is 81.2 Å². The molecule has 0 N–H and O–H groups in total. The highest BCUT2D eigenvalue weighted by Crippen LogP contribution is 2.47. The number of aromatic nitrogens is 9. The van der Waals surface area contributed by atoms with Crippen LogP contribution in [0.2, 0.25) is 0 Å². The number of hydrogen-bond donors (Lipinski definition) is 0. The van der Waals surface area contributed by atoms with Gasteiger partial charge in [0, 0.05) is 82.7 Å². The Morgan fingerprint density at radius 2 is 0.438 bits per heavy atom. The average molecular weight is 1700 g/mol. The molecule has 25 rings (SSSR count). The second-order valence-corrected chi connectivity index (χ2v) is 35.9. The first-order valence-electron chi connectivity index (χ1n) is 43.1. The van der Waals surface area contributed by atoms with E-state index in [1.165, 1.54) is 145 Å². The van der Waals surface area contributed by atoms with Crippen molar-refractivity contribution >= 4 is 123 Å². The first-order chi connectivity index (χ1) is 63.1. The van der Waals surface area contributed by atoms with Crippen molar-refractivity contribution in [2.45, 2.75) is 27.7 Å². The molecule has 9 nitrogen and oxygen atoms in total. The molecule has 12 heteroatoms. The molecule has 0 aliphatic heterocycles. The van der Waals surface area contributed by atoms with E-state index in [9.17, 15) is 0 Å². The number of benzene rings is 16. The molecule has 0 amide bonds. The molecule has 0 aliphatic carbocycles. The Morgan fingerprint density at radius 1 is 0.188 bits per heavy atom. The van der Waals surface area contributed by atoms with Crippen LogP contribution in [0.25, 0.3) is 224 Å². The summed E-state index contributed by atoms with van der Waals surface area (Å²) in [4.78, 5) is 33.8. The first-order valence-corrected chi connectivity index (χ1v) is 45.5. The van der Waals surface area contributed by atoms with Crippen molar-refractivity contribution in [1.82, 2.24) is 43.1 Å². The zero-order valence-corrected chi connectivity index (χ0v) is 72.9. The monoisotopic (exact) mass is 1690 g/mol. The van der Waals surface area contributed by atoms with Gasteiger partial charge in [-0.3, -0.25) is 13.2 Å². The molecule has 0 aliphatic rings. The van der Waals surface area contributed by atoms with Gasteiger partial charge in [0.2, 0.25) is 0 Å². The molecule has 0 bridgehead atoms. The van der Waals surface area contributed by atoms with Gasteiger partial charge in [0.25, 0.3) is 0 Å². The van der Waals surface area contributed by atoms with E-state index in [1.54, 1.807) is 0 Å². The molecule has 16 aromatic carbocycles. The highest BCUT2D eigenvalue weighted by atomic mass is 32.1. The van der Waals surface area contributed by atoms with Crippen LogP contribution >= 0.6 is 34.0 Å². The molecule has 0 unspecified atom stereocenters. The predicted molar refractivity (Wildman–Crippen MR) is 539 cm³/mol. The molecule has 25 aromatic rings. The van der Waals surface area contributed by atoms with Crippen LogP contribution in [0, 0.1) is 27.7 Å². The summed E-state index contributed by atoms with van der Waals surface area (Å²) in [7, 11) is 0. The maximum Gasteiger partial charge on any atom is 0.160 e. The summed E-state index contributed by atoms with van der Waals surface area (Å²) in [5.41, 5.74) is 36.2. The minimum atomic E-state index is 0.730. The minimum absolute atomic E-state index is 0.730. The standard InChI is InChI=1S/C44H31N3S.C38H27N3S.C34H21N3S/c1-28-11-15-32(16-12-28)37-27-38(46-43(45-37)35-17-13-29(2)14-18-35)33-23-19-30(20-24-33)31-21-25-34(26-22-31)42-36-7-3-4-8-39(36)47-40-9-5-6-10-41(40)48-44(42)47;1-24-11-15-26(16-12-24)31-23-32(40-37(39-31)29-17-13-25(2)14-18-29)27-19-21-28(22-20-27)36-30-7-3-4-8-33(30)41-34-9-5-6-10-35(34)42-38(36)41;1-2-10-24(11-3-1)33-35-27-14-6-4-12-25(27)32(36-33)23-20-18-22(19-21-23)31-26-13-5-7-15-28(26)37-29-16-8-9-17-30(29)38-34(31)37/h3-27H,1-2H3;3-23H,1-2H3;1-21H. The Labute approximate surface area is 751 Å². The number of fused-ring (bicyclic) bond motifs is 16. The van der Waals surface area contributed by atoms with Gasteiger partial charge in [-0.25, -0.2) is 29.9 Å². The molecule has 0 spiro atoms. The van der Waals surface area contributed by atoms with E-state index >= 15 is 0 Å². The van der Waals surface area contributed by atoms with Crippen molar-refractivity contribution in [3.8, 4) is 135 Å². The fraction of sp³-hybridized carbons (Fsp3) is 0.0345. The molecule has 0 atom stereocenters. The summed E-state index contributed by atoms with van der Waals surface area (Å²) in [6.45, 7) is 8.41. The Morgan fingerprint density at radius 3 is 0.789 bits per heavy atom. The van der Waals surface area contributed by atoms with Crippen molar-refractivity contribution in [2.75, 3.05) is 0 Å². The van der Waals surface area contributed by atoms with Crippen LogP contribution in [0.5, 0.6) is 0 Å². The smallest absolute Gasteiger partial charge is 0.160 e. The summed E-state index contributed by atoms with van der Waals surface area (Å²) >= 11 is 5.57. The van der Waals surface area contributed by atoms with Crippen LogP contribution in [0.3, 0.4) is 0 Å². The molecule has 606 valence electrons. The maximum absolute atomic E-state index is 5.05. The number of hydrogen-bond acceptors (Lipinski definition) is 9. The number of thiazole rings is 3. The lowest BCUT2D eigenvalue weighted by molar-refractivity contribution is 1.18. The summed E-state index contributed by atoms with van der Waals surface area (Å²) in [6, 6.07) is 144. The molecule has 9 heterocycles. The van der Waals surface area contributed by atoms with E-state index in [0.29, 0.717) is 0 Å². The lowest BCUT2D eigenvalue weighted by Crippen LogP contribution is -1.96. The van der Waals surface area contributed by atoms with Gasteiger partial charge in [-0.1, -0.05) is 356 Å². The minimum Gasteiger partial charge on any atom is -0.299 e. The first kappa shape index (κ1) is 77.1. The van der Waals surface area contributed by atoms with Crippen molar-refractivity contribution in [1.29, 1.82) is 0 Å². The molecular weight excluding hydrogens is 1620 g/mol. The van der Waals surface area contributed by atoms with Crippen LogP contribution in [0.15, 0.2) is 406 Å². The summed E-state index contributed by atoms with van der Waals surface area (Å²) in [5, 5.41) is 4.89. The second-order valence-electron chi connectivity index (χ2n) is 32.8. The fourth-order valence-electron chi connectivity index (χ4n) is 17.9. The highest BCUT2D eigenvalue weighted by Gasteiger charge is 2.24. The number of nitrogens with zero attached hydrogens (tertiary/aromatic N) is 9. The normalized spacial score (nSPS) is 11.6. The van der Waals surface area contributed by atoms with E-state index in [4.69, 9.17) is 29.9 Å². The van der Waals surface area contributed by atoms with Crippen molar-refractivity contribution in [2.24, 2.45) is 0 Å². The van der Waals surface area contributed by atoms with Gasteiger partial charge < -0.3 is 0 Å². The van der Waals surface area contributed by atoms with Gasteiger partial charge >= 0.3 is 0 Å². The van der Waals surface area contributed by atoms with Gasteiger partial charge in [-0.05, 0) is 128 Å². The van der Waals surface area contributed by atoms with Crippen LogP contribution in [0.4, 0.5) is 0 Å². The second kappa shape index (κ2) is 32.4. The largest absolute Gasteiger partial charge is 0.299 e. The Balaban J connectivity index is 0.000000111. The Hall–Kier alpha value is -15.7. The van der Waals surface area contributed by atoms with Crippen LogP contribution in [-0.2, 0) is 0 Å². The third-order valence-corrected chi connectivity index (χ3v) is 27.9. The van der Waals surface area contributed by atoms with Crippen LogP contribution in [-0.4, -0.2) is 43.1 Å². The van der Waals surface area contributed by atoms with Crippen molar-refractivity contribution < 1.29 is 0 Å². The molecule has 0 saturated heterocycles. The fourth-order valence-corrected chi connectivity index (χ4v) is 21.6. The van der Waals surface area contributed by atoms with E-state index in [0.717, 1.165) is 101 Å². The average Bonchev–Trinajstić information content (AvgIpc) is 1.57. The topological polar surface area (TPSA) is 90.6 Å². The van der Waals surface area contributed by atoms with E-state index in [1.807, 2.05) is 58.3 Å². The van der Waals surface area contributed by atoms with Gasteiger partial charge in [0.15, 0.2) is 17.5 Å². The summed E-state index contributed by atoms with van der Waals surface area (Å²) in [6.07, 6.45) is 0. The maximum atomic E-state index is 5.05. The van der Waals surface area contributed by atoms with Crippen LogP contribution in [0.1, 0.15) is 22.3 Å². The van der Waals surface area contributed by atoms with E-state index in [2.05, 4.69) is 423 Å². The predicted octanol–water partition coefficient (Wildman–Crippen LogP) is 31.7. The third kappa shape index (κ3) is 14.1. The number of aryl methyl sites for hydroxylation is 4. The number of rotatable bonds is 12. The highest BCUT2D eigenvalue weighted by molar-refractivity contribution is 7.25. The lowest BCUT2D eigenvalue weighted by atomic mass is 9.98. The Bertz CT molecular complexity index is 8410. The Kier molecular flexibility index (Phi) is 19.5. The van der Waals surface area contributed by atoms with Crippen molar-refractivity contribution in [3.05, 3.63) is 429 Å².